The number of hydrogen-bond acceptors (Lipinski definition) is 4. The van der Waals surface area contributed by atoms with Crippen LogP contribution in [-0.4, -0.2) is 50.0 Å². The molecule has 0 radical (unpaired) electrons. The fraction of sp³-hybridized carbons (Fsp3) is 0.286. The van der Waals surface area contributed by atoms with Crippen molar-refractivity contribution in [2.24, 2.45) is 0 Å². The van der Waals surface area contributed by atoms with Crippen LogP contribution in [0, 0.1) is 11.6 Å². The van der Waals surface area contributed by atoms with Crippen LogP contribution in [0.4, 0.5) is 14.5 Å². The lowest BCUT2D eigenvalue weighted by molar-refractivity contribution is -0.140. The Hall–Kier alpha value is -3.21. The summed E-state index contributed by atoms with van der Waals surface area (Å²) in [5.74, 6) is -3.64. The van der Waals surface area contributed by atoms with E-state index in [0.29, 0.717) is 21.0 Å². The zero-order valence-corrected chi connectivity index (χ0v) is 24.4. The van der Waals surface area contributed by atoms with Gasteiger partial charge in [-0.05, 0) is 49.2 Å². The van der Waals surface area contributed by atoms with E-state index in [4.69, 9.17) is 23.2 Å². The Kier molecular flexibility index (Phi) is 10.5. The average Bonchev–Trinajstić information content (AvgIpc) is 2.88. The Morgan fingerprint density at radius 3 is 2.15 bits per heavy atom. The van der Waals surface area contributed by atoms with Crippen molar-refractivity contribution in [1.82, 2.24) is 10.2 Å². The third kappa shape index (κ3) is 8.39. The summed E-state index contributed by atoms with van der Waals surface area (Å²) < 4.78 is 53.6. The molecule has 2 amide bonds. The molecule has 0 aliphatic heterocycles. The van der Waals surface area contributed by atoms with Crippen molar-refractivity contribution in [3.8, 4) is 0 Å². The summed E-state index contributed by atoms with van der Waals surface area (Å²) in [6.45, 7) is 2.66. The van der Waals surface area contributed by atoms with E-state index in [1.807, 2.05) is 18.2 Å². The summed E-state index contributed by atoms with van der Waals surface area (Å²) in [6.07, 6.45) is 0.967. The second-order valence-electron chi connectivity index (χ2n) is 9.51. The molecule has 0 saturated carbocycles. The van der Waals surface area contributed by atoms with Gasteiger partial charge in [0.25, 0.3) is 0 Å². The van der Waals surface area contributed by atoms with Crippen molar-refractivity contribution < 1.29 is 26.8 Å². The topological polar surface area (TPSA) is 86.8 Å². The number of carbonyl (C=O) groups excluding carboxylic acids is 2. The first-order valence-electron chi connectivity index (χ1n) is 12.3. The molecule has 1 N–H and O–H groups in total. The maximum atomic E-state index is 14.0. The molecule has 214 valence electrons. The van der Waals surface area contributed by atoms with E-state index in [1.165, 1.54) is 4.90 Å². The van der Waals surface area contributed by atoms with Gasteiger partial charge in [-0.1, -0.05) is 59.6 Å². The molecule has 0 aliphatic rings. The van der Waals surface area contributed by atoms with E-state index in [9.17, 15) is 26.8 Å². The van der Waals surface area contributed by atoms with Crippen LogP contribution < -0.4 is 9.62 Å². The maximum absolute atomic E-state index is 14.0. The lowest BCUT2D eigenvalue weighted by atomic mass is 10.0. The van der Waals surface area contributed by atoms with E-state index >= 15 is 0 Å². The minimum Gasteiger partial charge on any atom is -0.352 e. The molecule has 0 aromatic heterocycles. The number of halogens is 4. The van der Waals surface area contributed by atoms with Crippen LogP contribution in [0.25, 0.3) is 0 Å². The molecule has 1 atom stereocenters. The molecule has 3 aromatic carbocycles. The molecule has 0 bridgehead atoms. The van der Waals surface area contributed by atoms with E-state index in [1.54, 1.807) is 44.2 Å². The monoisotopic (exact) mass is 611 g/mol. The van der Waals surface area contributed by atoms with Gasteiger partial charge >= 0.3 is 0 Å². The van der Waals surface area contributed by atoms with E-state index < -0.39 is 46.1 Å². The summed E-state index contributed by atoms with van der Waals surface area (Å²) in [4.78, 5) is 28.6. The molecule has 0 fully saturated rings. The number of anilines is 1. The third-order valence-electron chi connectivity index (χ3n) is 5.91. The molecule has 12 heteroatoms. The normalized spacial score (nSPS) is 12.2. The van der Waals surface area contributed by atoms with Crippen LogP contribution in [0.3, 0.4) is 0 Å². The van der Waals surface area contributed by atoms with Crippen LogP contribution in [0.5, 0.6) is 0 Å². The minimum absolute atomic E-state index is 0.117. The second-order valence-corrected chi connectivity index (χ2v) is 12.2. The highest BCUT2D eigenvalue weighted by atomic mass is 35.5. The first kappa shape index (κ1) is 31.3. The van der Waals surface area contributed by atoms with Gasteiger partial charge in [0.2, 0.25) is 21.8 Å². The molecule has 7 nitrogen and oxygen atoms in total. The zero-order chi connectivity index (χ0) is 29.6. The quantitative estimate of drug-likeness (QED) is 0.323. The molecule has 3 rings (SSSR count). The first-order chi connectivity index (χ1) is 18.8. The van der Waals surface area contributed by atoms with E-state index in [0.717, 1.165) is 24.0 Å². The van der Waals surface area contributed by atoms with Crippen molar-refractivity contribution in [2.45, 2.75) is 38.9 Å². The van der Waals surface area contributed by atoms with Crippen LogP contribution in [0.15, 0.2) is 66.7 Å². The molecule has 0 saturated heterocycles. The first-order valence-corrected chi connectivity index (χ1v) is 14.9. The maximum Gasteiger partial charge on any atom is 0.244 e. The summed E-state index contributed by atoms with van der Waals surface area (Å²) >= 11 is 12.3. The fourth-order valence-electron chi connectivity index (χ4n) is 4.02. The van der Waals surface area contributed by atoms with Crippen LogP contribution in [0.1, 0.15) is 25.0 Å². The van der Waals surface area contributed by atoms with Gasteiger partial charge in [0.05, 0.1) is 22.0 Å². The Balaban J connectivity index is 2.08. The third-order valence-corrected chi connectivity index (χ3v) is 7.79. The molecule has 0 unspecified atom stereocenters. The predicted molar refractivity (Wildman–Crippen MR) is 153 cm³/mol. The number of nitrogens with one attached hydrogen (secondary N) is 1. The van der Waals surface area contributed by atoms with Crippen LogP contribution >= 0.6 is 23.2 Å². The number of nitrogens with zero attached hydrogens (tertiary/aromatic N) is 2. The highest BCUT2D eigenvalue weighted by Gasteiger charge is 2.33. The van der Waals surface area contributed by atoms with E-state index in [2.05, 4.69) is 5.32 Å². The predicted octanol–water partition coefficient (Wildman–Crippen LogP) is 5.20. The van der Waals surface area contributed by atoms with Gasteiger partial charge in [0.1, 0.15) is 12.6 Å². The van der Waals surface area contributed by atoms with Gasteiger partial charge in [-0.2, -0.15) is 0 Å². The standard InChI is InChI=1S/C28H29Cl2F2N3O4S/c1-18(2)33-28(37)26(14-19-7-5-4-6-8-19)34(16-20-9-11-22(29)23(30)13-20)27(36)17-35(40(3,38)39)21-10-12-24(31)25(32)15-21/h4-13,15,18,26H,14,16-17H2,1-3H3,(H,33,37)/t26-/m0/s1. The molecular formula is C28H29Cl2F2N3O4S. The largest absolute Gasteiger partial charge is 0.352 e. The van der Waals surface area contributed by atoms with Gasteiger partial charge < -0.3 is 10.2 Å². The van der Waals surface area contributed by atoms with Crippen molar-refractivity contribution in [2.75, 3.05) is 17.1 Å². The Morgan fingerprint density at radius 2 is 1.57 bits per heavy atom. The fourth-order valence-corrected chi connectivity index (χ4v) is 5.19. The van der Waals surface area contributed by atoms with Crippen LogP contribution in [-0.2, 0) is 32.6 Å². The number of rotatable bonds is 11. The number of benzene rings is 3. The number of carbonyl (C=O) groups is 2. The summed E-state index contributed by atoms with van der Waals surface area (Å²) in [6, 6.07) is 15.0. The van der Waals surface area contributed by atoms with Crippen molar-refractivity contribution >= 4 is 50.7 Å². The van der Waals surface area contributed by atoms with Gasteiger partial charge in [0.15, 0.2) is 11.6 Å². The summed E-state index contributed by atoms with van der Waals surface area (Å²) in [5.41, 5.74) is 1.06. The van der Waals surface area contributed by atoms with Gasteiger partial charge in [-0.15, -0.1) is 0 Å². The Morgan fingerprint density at radius 1 is 0.900 bits per heavy atom. The number of hydrogen-bond donors (Lipinski definition) is 1. The number of sulfonamides is 1. The van der Waals surface area contributed by atoms with Crippen molar-refractivity contribution in [1.29, 1.82) is 0 Å². The molecule has 3 aromatic rings. The second kappa shape index (κ2) is 13.4. The molecule has 0 aliphatic carbocycles. The highest BCUT2D eigenvalue weighted by Crippen LogP contribution is 2.25. The van der Waals surface area contributed by atoms with Gasteiger partial charge in [-0.25, -0.2) is 17.2 Å². The average molecular weight is 613 g/mol. The highest BCUT2D eigenvalue weighted by molar-refractivity contribution is 7.92. The lowest BCUT2D eigenvalue weighted by Crippen LogP contribution is -2.54. The van der Waals surface area contributed by atoms with Crippen molar-refractivity contribution in [3.63, 3.8) is 0 Å². The number of amides is 2. The van der Waals surface area contributed by atoms with Crippen molar-refractivity contribution in [3.05, 3.63) is 99.5 Å². The smallest absolute Gasteiger partial charge is 0.244 e. The molecule has 0 spiro atoms. The molecule has 40 heavy (non-hydrogen) atoms. The molecular weight excluding hydrogens is 583 g/mol. The van der Waals surface area contributed by atoms with E-state index in [-0.39, 0.29) is 29.7 Å². The Labute approximate surface area is 242 Å². The summed E-state index contributed by atoms with van der Waals surface area (Å²) in [5, 5.41) is 3.36. The minimum atomic E-state index is -4.13. The zero-order valence-electron chi connectivity index (χ0n) is 22.1. The van der Waals surface area contributed by atoms with Gasteiger partial charge in [0, 0.05) is 25.1 Å². The Bertz CT molecular complexity index is 1470. The van der Waals surface area contributed by atoms with Gasteiger partial charge in [-0.3, -0.25) is 13.9 Å². The lowest BCUT2D eigenvalue weighted by Gasteiger charge is -2.34. The molecule has 0 heterocycles. The van der Waals surface area contributed by atoms with Crippen LogP contribution in [0.2, 0.25) is 10.0 Å². The summed E-state index contributed by atoms with van der Waals surface area (Å²) in [7, 11) is -4.13. The SMILES string of the molecule is CC(C)NC(=O)[C@H](Cc1ccccc1)N(Cc1ccc(Cl)c(Cl)c1)C(=O)CN(c1ccc(F)c(F)c1)S(C)(=O)=O.